The van der Waals surface area contributed by atoms with E-state index in [0.29, 0.717) is 0 Å². The van der Waals surface area contributed by atoms with Gasteiger partial charge in [-0.15, -0.1) is 0 Å². The van der Waals surface area contributed by atoms with Gasteiger partial charge in [-0.05, 0) is 233 Å². The van der Waals surface area contributed by atoms with E-state index in [4.69, 9.17) is 9.97 Å². The largest absolute Gasteiger partial charge is 0.354 e. The van der Waals surface area contributed by atoms with Crippen molar-refractivity contribution < 1.29 is 0 Å². The third kappa shape index (κ3) is 10.7. The van der Waals surface area contributed by atoms with Gasteiger partial charge < -0.3 is 29.2 Å². The number of aromatic amines is 2. The molecule has 0 saturated heterocycles. The number of hydrogen-bond donors (Lipinski definition) is 4. The third-order valence-electron chi connectivity index (χ3n) is 18.9. The van der Waals surface area contributed by atoms with Gasteiger partial charge in [0.1, 0.15) is 0 Å². The second kappa shape index (κ2) is 24.8. The van der Waals surface area contributed by atoms with Crippen LogP contribution in [0.15, 0.2) is 255 Å². The lowest BCUT2D eigenvalue weighted by atomic mass is 9.92. The number of H-pyrrole nitrogens is 2. The molecule has 8 bridgehead atoms. The topological polar surface area (TPSA) is 94.4 Å². The van der Waals surface area contributed by atoms with Crippen LogP contribution < -0.4 is 27.9 Å². The van der Waals surface area contributed by atoms with Gasteiger partial charge in [-0.2, -0.15) is 0 Å². The zero-order chi connectivity index (χ0) is 66.1. The molecule has 0 saturated carbocycles. The molecule has 13 aromatic rings. The van der Waals surface area contributed by atoms with Gasteiger partial charge in [-0.1, -0.05) is 132 Å². The normalized spacial score (nSPS) is 12.8. The number of para-hydroxylation sites is 6. The Bertz CT molecular complexity index is 5060. The van der Waals surface area contributed by atoms with Crippen LogP contribution in [0.1, 0.15) is 56.2 Å². The zero-order valence-corrected chi connectivity index (χ0v) is 56.7. The molecule has 10 aromatic carbocycles. The summed E-state index contributed by atoms with van der Waals surface area (Å²) in [7, 11) is 0. The summed E-state index contributed by atoms with van der Waals surface area (Å²) in [6.07, 6.45) is 8.85. The number of aryl methyl sites for hydroxylation is 6. The molecule has 0 unspecified atom stereocenters. The molecule has 0 atom stereocenters. The highest BCUT2D eigenvalue weighted by atomic mass is 32.2. The molecule has 0 spiro atoms. The molecule has 7 heterocycles. The first-order chi connectivity index (χ1) is 48.1. The minimum atomic E-state index is 0.838. The van der Waals surface area contributed by atoms with Crippen molar-refractivity contribution >= 4 is 139 Å². The number of nitrogens with one attached hydrogen (secondary N) is 4. The van der Waals surface area contributed by atoms with Crippen molar-refractivity contribution in [2.45, 2.75) is 41.5 Å². The maximum Gasteiger partial charge on any atom is 0.0862 e. The third-order valence-corrected chi connectivity index (χ3v) is 20.6. The fourth-order valence-electron chi connectivity index (χ4n) is 14.9. The Hall–Kier alpha value is -11.7. The molecule has 4 aliphatic rings. The van der Waals surface area contributed by atoms with Gasteiger partial charge in [0.05, 0.1) is 81.2 Å². The van der Waals surface area contributed by atoms with E-state index in [1.807, 2.05) is 0 Å². The summed E-state index contributed by atoms with van der Waals surface area (Å²) < 4.78 is 12.1. The second-order valence-electron chi connectivity index (χ2n) is 25.5. The second-order valence-corrected chi connectivity index (χ2v) is 27.0. The lowest BCUT2D eigenvalue weighted by Gasteiger charge is -2.26. The number of aromatic nitrogens is 4. The summed E-state index contributed by atoms with van der Waals surface area (Å²) in [6, 6.07) is 91.3. The van der Waals surface area contributed by atoms with Crippen molar-refractivity contribution in [1.82, 2.24) is 19.9 Å². The highest BCUT2D eigenvalue weighted by Crippen LogP contribution is 2.54. The molecule has 4 aliphatic heterocycles. The van der Waals surface area contributed by atoms with E-state index < -0.39 is 0 Å². The lowest BCUT2D eigenvalue weighted by molar-refractivity contribution is 1.28. The quantitative estimate of drug-likeness (QED) is 0.0886. The highest BCUT2D eigenvalue weighted by Gasteiger charge is 2.32. The van der Waals surface area contributed by atoms with E-state index in [2.05, 4.69) is 358 Å². The average Bonchev–Trinajstić information content (AvgIpc) is 1.67. The maximum atomic E-state index is 5.87. The summed E-state index contributed by atoms with van der Waals surface area (Å²) in [5.74, 6) is 0. The van der Waals surface area contributed by atoms with E-state index in [1.165, 1.54) is 33.4 Å². The van der Waals surface area contributed by atoms with Gasteiger partial charge in [0.15, 0.2) is 0 Å². The highest BCUT2D eigenvalue weighted by molar-refractivity contribution is 8.03. The van der Waals surface area contributed by atoms with Crippen LogP contribution in [0.5, 0.6) is 0 Å². The molecule has 474 valence electrons. The summed E-state index contributed by atoms with van der Waals surface area (Å²) in [5, 5.41) is 0. The predicted octanol–water partition coefficient (Wildman–Crippen LogP) is 24.4. The van der Waals surface area contributed by atoms with Gasteiger partial charge in [0, 0.05) is 89.6 Å². The minimum Gasteiger partial charge on any atom is -0.354 e. The van der Waals surface area contributed by atoms with Crippen LogP contribution in [-0.2, 0) is 0 Å². The van der Waals surface area contributed by atoms with Crippen molar-refractivity contribution in [2.24, 2.45) is 0 Å². The monoisotopic (exact) mass is 1300 g/mol. The molecule has 4 N–H and O–H groups in total. The number of anilines is 12. The van der Waals surface area contributed by atoms with Gasteiger partial charge >= 0.3 is 0 Å². The molecular weight excluding hydrogens is 1240 g/mol. The van der Waals surface area contributed by atoms with Crippen LogP contribution in [-0.4, -0.2) is 19.9 Å². The summed E-state index contributed by atoms with van der Waals surface area (Å²) in [5.41, 5.74) is 35.1. The Balaban J connectivity index is 0.888. The van der Waals surface area contributed by atoms with Crippen LogP contribution in [0.4, 0.5) is 68.2 Å². The van der Waals surface area contributed by atoms with E-state index >= 15 is 0 Å². The number of benzene rings is 10. The van der Waals surface area contributed by atoms with Crippen molar-refractivity contribution in [3.63, 3.8) is 0 Å². The van der Waals surface area contributed by atoms with E-state index in [0.717, 1.165) is 158 Å². The van der Waals surface area contributed by atoms with Crippen molar-refractivity contribution in [1.29, 1.82) is 0 Å². The van der Waals surface area contributed by atoms with Crippen LogP contribution in [0.2, 0.25) is 0 Å². The lowest BCUT2D eigenvalue weighted by Crippen LogP contribution is -2.10. The fraction of sp³-hybridized carbons (Fsp3) is 0.0698. The maximum absolute atomic E-state index is 5.87. The van der Waals surface area contributed by atoms with E-state index in [1.54, 1.807) is 24.3 Å². The van der Waals surface area contributed by atoms with E-state index in [-0.39, 0.29) is 0 Å². The SMILES string of the molecule is Cc1cc(C)c(-c2c3nc(c(-c4cccc5c4N(c4ccc(N(c6ccccc6)c6ccccc6)cc4)SN5)c4ccc([nH]4)c(-c4c(C)cc(C)cc4C)c4nc(c(-c5cccc6c5N(c5ccc(N(c7ccccc7)c7ccccc7)cc5)SN6)c5ccc2[nH]5)C=C4)C=C3)c(C)c1. The number of fused-ring (bicyclic) bond motifs is 10. The molecule has 0 radical (unpaired) electrons. The molecule has 98 heavy (non-hydrogen) atoms. The molecule has 10 nitrogen and oxygen atoms in total. The Morgan fingerprint density at radius 2 is 0.592 bits per heavy atom. The summed E-state index contributed by atoms with van der Waals surface area (Å²) >= 11 is 3.16. The smallest absolute Gasteiger partial charge is 0.0862 e. The summed E-state index contributed by atoms with van der Waals surface area (Å²) in [6.45, 7) is 13.3. The van der Waals surface area contributed by atoms with Crippen LogP contribution >= 0.6 is 24.3 Å². The first kappa shape index (κ1) is 60.0. The van der Waals surface area contributed by atoms with Crippen LogP contribution in [0.25, 0.3) is 90.9 Å². The summed E-state index contributed by atoms with van der Waals surface area (Å²) in [4.78, 5) is 24.6. The molecule has 0 fully saturated rings. The van der Waals surface area contributed by atoms with Crippen molar-refractivity contribution in [3.8, 4) is 44.5 Å². The molecule has 12 heteroatoms. The molecule has 0 amide bonds. The molecule has 3 aromatic heterocycles. The van der Waals surface area contributed by atoms with Crippen molar-refractivity contribution in [3.05, 3.63) is 311 Å². The zero-order valence-electron chi connectivity index (χ0n) is 55.1. The van der Waals surface area contributed by atoms with Gasteiger partial charge in [0.2, 0.25) is 0 Å². The number of rotatable bonds is 12. The van der Waals surface area contributed by atoms with Crippen LogP contribution in [0, 0.1) is 41.5 Å². The average molecular weight is 1310 g/mol. The minimum absolute atomic E-state index is 0.838. The predicted molar refractivity (Wildman–Crippen MR) is 418 cm³/mol. The fourth-order valence-corrected chi connectivity index (χ4v) is 16.6. The standard InChI is InChI=1S/C86H68N10S2/c1-53-49-55(3)79(56(4)50-53)83-73-45-41-69(87-73)81(67-29-19-31-77-85(67)95(97-91-77)65-37-33-63(34-38-65)93(59-21-11-7-12-22-59)60-23-13-8-14-24-60)71-43-47-75(89-71)84(80-57(5)51-54(2)52-58(80)6)76-48-44-72(90-76)82(70-42-46-74(83)88-70)68-30-20-32-78-86(68)96(98-92-78)66-39-35-64(36-40-66)94(61-25-15-9-16-26-61)62-27-17-10-18-28-62/h7-52,87,90-92H,1-6H3. The van der Waals surface area contributed by atoms with E-state index in [9.17, 15) is 0 Å². The van der Waals surface area contributed by atoms with Gasteiger partial charge in [-0.3, -0.25) is 8.61 Å². The van der Waals surface area contributed by atoms with Crippen molar-refractivity contribution in [2.75, 3.05) is 27.9 Å². The first-order valence-corrected chi connectivity index (χ1v) is 34.7. The van der Waals surface area contributed by atoms with Gasteiger partial charge in [-0.25, -0.2) is 9.97 Å². The Labute approximate surface area is 579 Å². The van der Waals surface area contributed by atoms with Crippen LogP contribution in [0.3, 0.4) is 0 Å². The molecular formula is C86H68N10S2. The number of hydrogen-bond acceptors (Lipinski definition) is 10. The van der Waals surface area contributed by atoms with Gasteiger partial charge in [0.25, 0.3) is 0 Å². The molecule has 0 aliphatic carbocycles. The number of nitrogens with zero attached hydrogens (tertiary/aromatic N) is 6. The Morgan fingerprint density at radius 3 is 0.918 bits per heavy atom. The molecule has 17 rings (SSSR count). The first-order valence-electron chi connectivity index (χ1n) is 33.1. The Kier molecular flexibility index (Phi) is 15.2. The Morgan fingerprint density at radius 1 is 0.296 bits per heavy atom.